The van der Waals surface area contributed by atoms with Crippen molar-refractivity contribution in [1.82, 2.24) is 14.5 Å². The van der Waals surface area contributed by atoms with Crippen molar-refractivity contribution >= 4 is 54.7 Å². The predicted molar refractivity (Wildman–Crippen MR) is 151 cm³/mol. The minimum Gasteiger partial charge on any atom is -0.345 e. The first kappa shape index (κ1) is 27.5. The molecule has 0 spiro atoms. The number of amides is 1. The molecule has 5 rings (SSSR count). The van der Waals surface area contributed by atoms with Gasteiger partial charge in [-0.1, -0.05) is 29.8 Å². The zero-order valence-corrected chi connectivity index (χ0v) is 24.4. The highest BCUT2D eigenvalue weighted by Gasteiger charge is 2.33. The number of halogens is 4. The van der Waals surface area contributed by atoms with Crippen LogP contribution >= 0.6 is 27.5 Å². The van der Waals surface area contributed by atoms with Crippen LogP contribution in [-0.4, -0.2) is 49.2 Å². The van der Waals surface area contributed by atoms with Crippen LogP contribution in [0.25, 0.3) is 16.8 Å². The summed E-state index contributed by atoms with van der Waals surface area (Å²) in [6, 6.07) is 11.4. The molecule has 4 aromatic rings. The maximum absolute atomic E-state index is 14.8. The first-order valence-electron chi connectivity index (χ1n) is 12.0. The van der Waals surface area contributed by atoms with E-state index >= 15 is 0 Å². The summed E-state index contributed by atoms with van der Waals surface area (Å²) in [4.78, 5) is 14.8. The molecule has 39 heavy (non-hydrogen) atoms. The standard InChI is InChI=1S/C27H24BrClF2N4O3S/c1-33(2)27(36)23-21-12-19(15-4-5-15)22(14-34(21)32-26(23)16-6-9-18(29)10-7-16)35(39(3,37)38)13-17-8-11-20(28)25(31)24(17)30/h6-12,14-15H,4-5,13H2,1-3H3. The number of carbonyl (C=O) groups excluding carboxylic acids is 1. The number of fused-ring (bicyclic) bond motifs is 1. The number of benzene rings is 2. The van der Waals surface area contributed by atoms with Crippen LogP contribution in [0.1, 0.15) is 40.2 Å². The van der Waals surface area contributed by atoms with E-state index in [1.807, 2.05) is 0 Å². The summed E-state index contributed by atoms with van der Waals surface area (Å²) in [5, 5.41) is 5.21. The zero-order valence-electron chi connectivity index (χ0n) is 21.3. The van der Waals surface area contributed by atoms with Crippen molar-refractivity contribution in [1.29, 1.82) is 0 Å². The molecule has 2 aromatic heterocycles. The molecule has 1 aliphatic carbocycles. The second-order valence-corrected chi connectivity index (χ2v) is 12.9. The Balaban J connectivity index is 1.74. The first-order chi connectivity index (χ1) is 18.4. The van der Waals surface area contributed by atoms with Crippen LogP contribution in [0, 0.1) is 11.6 Å². The van der Waals surface area contributed by atoms with Crippen LogP contribution < -0.4 is 4.31 Å². The van der Waals surface area contributed by atoms with E-state index in [0.717, 1.165) is 23.4 Å². The molecule has 0 unspecified atom stereocenters. The normalized spacial score (nSPS) is 13.6. The van der Waals surface area contributed by atoms with Gasteiger partial charge in [-0.05, 0) is 64.5 Å². The summed E-state index contributed by atoms with van der Waals surface area (Å²) in [7, 11) is -0.654. The number of sulfonamides is 1. The van der Waals surface area contributed by atoms with Crippen LogP contribution in [0.3, 0.4) is 0 Å². The molecule has 0 bridgehead atoms. The Hall–Kier alpha value is -3.02. The maximum Gasteiger partial charge on any atom is 0.257 e. The molecule has 2 heterocycles. The molecule has 1 amide bonds. The second kappa shape index (κ2) is 10.2. The average molecular weight is 638 g/mol. The lowest BCUT2D eigenvalue weighted by atomic mass is 10.0. The van der Waals surface area contributed by atoms with Crippen LogP contribution in [0.15, 0.2) is 53.1 Å². The quantitative estimate of drug-likeness (QED) is 0.225. The van der Waals surface area contributed by atoms with E-state index in [0.29, 0.717) is 38.6 Å². The Kier molecular flexibility index (Phi) is 7.19. The molecule has 1 saturated carbocycles. The predicted octanol–water partition coefficient (Wildman–Crippen LogP) is 6.24. The Morgan fingerprint density at radius 1 is 1.13 bits per heavy atom. The van der Waals surface area contributed by atoms with Gasteiger partial charge in [0.05, 0.1) is 40.2 Å². The van der Waals surface area contributed by atoms with Crippen molar-refractivity contribution < 1.29 is 22.0 Å². The number of anilines is 1. The minimum absolute atomic E-state index is 0.0527. The summed E-state index contributed by atoms with van der Waals surface area (Å²) in [6.07, 6.45) is 4.22. The smallest absolute Gasteiger partial charge is 0.257 e. The van der Waals surface area contributed by atoms with Gasteiger partial charge < -0.3 is 4.90 Å². The number of aromatic nitrogens is 2. The third-order valence-electron chi connectivity index (χ3n) is 6.63. The van der Waals surface area contributed by atoms with Gasteiger partial charge in [-0.3, -0.25) is 9.10 Å². The molecule has 2 aromatic carbocycles. The van der Waals surface area contributed by atoms with Gasteiger partial charge in [-0.15, -0.1) is 0 Å². The topological polar surface area (TPSA) is 75.0 Å². The molecule has 1 aliphatic rings. The highest BCUT2D eigenvalue weighted by molar-refractivity contribution is 9.10. The molecule has 204 valence electrons. The highest BCUT2D eigenvalue weighted by atomic mass is 79.9. The lowest BCUT2D eigenvalue weighted by molar-refractivity contribution is 0.0830. The van der Waals surface area contributed by atoms with Gasteiger partial charge in [0.2, 0.25) is 10.0 Å². The van der Waals surface area contributed by atoms with Crippen molar-refractivity contribution in [2.45, 2.75) is 25.3 Å². The van der Waals surface area contributed by atoms with E-state index in [4.69, 9.17) is 11.6 Å². The van der Waals surface area contributed by atoms with Crippen LogP contribution in [-0.2, 0) is 16.6 Å². The fourth-order valence-corrected chi connectivity index (χ4v) is 5.81. The van der Waals surface area contributed by atoms with Gasteiger partial charge >= 0.3 is 0 Å². The lowest BCUT2D eigenvalue weighted by Gasteiger charge is -2.25. The van der Waals surface area contributed by atoms with Gasteiger partial charge in [0, 0.05) is 30.2 Å². The molecule has 7 nitrogen and oxygen atoms in total. The molecule has 12 heteroatoms. The molecular weight excluding hydrogens is 614 g/mol. The van der Waals surface area contributed by atoms with Crippen molar-refractivity contribution in [3.8, 4) is 11.3 Å². The minimum atomic E-state index is -3.94. The third kappa shape index (κ3) is 5.27. The maximum atomic E-state index is 14.8. The van der Waals surface area contributed by atoms with E-state index < -0.39 is 28.2 Å². The van der Waals surface area contributed by atoms with E-state index in [9.17, 15) is 22.0 Å². The van der Waals surface area contributed by atoms with Crippen molar-refractivity contribution in [3.63, 3.8) is 0 Å². The van der Waals surface area contributed by atoms with Gasteiger partial charge in [0.15, 0.2) is 11.6 Å². The van der Waals surface area contributed by atoms with Crippen molar-refractivity contribution in [2.24, 2.45) is 0 Å². The monoisotopic (exact) mass is 636 g/mol. The first-order valence-corrected chi connectivity index (χ1v) is 15.0. The van der Waals surface area contributed by atoms with Gasteiger partial charge in [-0.2, -0.15) is 5.10 Å². The summed E-state index contributed by atoms with van der Waals surface area (Å²) >= 11 is 9.03. The van der Waals surface area contributed by atoms with Crippen molar-refractivity contribution in [2.75, 3.05) is 24.7 Å². The average Bonchev–Trinajstić information content (AvgIpc) is 3.66. The van der Waals surface area contributed by atoms with E-state index in [-0.39, 0.29) is 21.9 Å². The number of pyridine rings is 1. The summed E-state index contributed by atoms with van der Waals surface area (Å²) in [6.45, 7) is -0.422. The summed E-state index contributed by atoms with van der Waals surface area (Å²) in [5.41, 5.74) is 2.83. The molecule has 0 N–H and O–H groups in total. The molecule has 0 radical (unpaired) electrons. The molecule has 0 saturated heterocycles. The second-order valence-electron chi connectivity index (χ2n) is 9.75. The largest absolute Gasteiger partial charge is 0.345 e. The Bertz CT molecular complexity index is 1720. The SMILES string of the molecule is CN(C)C(=O)c1c(-c2ccc(Cl)cc2)nn2cc(N(Cc3ccc(Br)c(F)c3F)S(C)(=O)=O)c(C3CC3)cc12. The van der Waals surface area contributed by atoms with E-state index in [1.165, 1.54) is 21.5 Å². The fourth-order valence-electron chi connectivity index (χ4n) is 4.49. The Labute approximate surface area is 238 Å². The Morgan fingerprint density at radius 2 is 1.79 bits per heavy atom. The van der Waals surface area contributed by atoms with Crippen LogP contribution in [0.2, 0.25) is 5.02 Å². The number of rotatable bonds is 7. The molecule has 0 atom stereocenters. The van der Waals surface area contributed by atoms with Gasteiger partial charge in [0.1, 0.15) is 5.69 Å². The third-order valence-corrected chi connectivity index (χ3v) is 8.62. The number of nitrogens with zero attached hydrogens (tertiary/aromatic N) is 4. The highest BCUT2D eigenvalue weighted by Crippen LogP contribution is 2.46. The zero-order chi connectivity index (χ0) is 28.2. The van der Waals surface area contributed by atoms with E-state index in [2.05, 4.69) is 21.0 Å². The number of hydrogen-bond acceptors (Lipinski definition) is 4. The van der Waals surface area contributed by atoms with Gasteiger partial charge in [0.25, 0.3) is 5.91 Å². The molecular formula is C27H24BrClF2N4O3S. The summed E-state index contributed by atoms with van der Waals surface area (Å²) in [5.74, 6) is -2.44. The number of carbonyl (C=O) groups is 1. The van der Waals surface area contributed by atoms with Crippen molar-refractivity contribution in [3.05, 3.63) is 86.5 Å². The lowest BCUT2D eigenvalue weighted by Crippen LogP contribution is -2.31. The molecule has 1 fully saturated rings. The Morgan fingerprint density at radius 3 is 2.38 bits per heavy atom. The van der Waals surface area contributed by atoms with E-state index in [1.54, 1.807) is 50.6 Å². The molecule has 0 aliphatic heterocycles. The van der Waals surface area contributed by atoms with Crippen LogP contribution in [0.4, 0.5) is 14.5 Å². The number of hydrogen-bond donors (Lipinski definition) is 0. The fraction of sp³-hybridized carbons (Fsp3) is 0.259. The summed E-state index contributed by atoms with van der Waals surface area (Å²) < 4.78 is 57.7. The van der Waals surface area contributed by atoms with Gasteiger partial charge in [-0.25, -0.2) is 21.7 Å². The van der Waals surface area contributed by atoms with Crippen LogP contribution in [0.5, 0.6) is 0 Å².